The molecule has 0 saturated carbocycles. The van der Waals surface area contributed by atoms with E-state index in [-0.39, 0.29) is 10.9 Å². The Hall–Kier alpha value is 0.270. The van der Waals surface area contributed by atoms with Crippen LogP contribution in [0.5, 0.6) is 0 Å². The standard InChI is InChI=1S/C16H36N4P/c1-13(2)19-15(5,6)20(14(3)4)21(16(19,7)8)17(9)11-12-18(21)10/h13-14H,11-12H2,1-10H3/q+1. The first-order chi connectivity index (χ1) is 9.43. The van der Waals surface area contributed by atoms with Gasteiger partial charge >= 0.3 is 0 Å². The maximum absolute atomic E-state index is 2.84. The molecule has 0 aromatic carbocycles. The monoisotopic (exact) mass is 315 g/mol. The van der Waals surface area contributed by atoms with Gasteiger partial charge in [-0.3, -0.25) is 0 Å². The molecule has 124 valence electrons. The third-order valence-corrected chi connectivity index (χ3v) is 11.0. The van der Waals surface area contributed by atoms with Crippen molar-refractivity contribution < 1.29 is 0 Å². The van der Waals surface area contributed by atoms with Crippen molar-refractivity contribution in [3.63, 3.8) is 0 Å². The van der Waals surface area contributed by atoms with E-state index in [4.69, 9.17) is 0 Å². The Morgan fingerprint density at radius 2 is 1.24 bits per heavy atom. The van der Waals surface area contributed by atoms with Crippen LogP contribution in [0.4, 0.5) is 0 Å². The summed E-state index contributed by atoms with van der Waals surface area (Å²) in [5.41, 5.74) is 0.0759. The molecule has 0 unspecified atom stereocenters. The zero-order valence-corrected chi connectivity index (χ0v) is 16.7. The highest BCUT2D eigenvalue weighted by atomic mass is 31.2. The average molecular weight is 315 g/mol. The van der Waals surface area contributed by atoms with E-state index in [1.807, 2.05) is 0 Å². The smallest absolute Gasteiger partial charge is 0.239 e. The maximum Gasteiger partial charge on any atom is 0.249 e. The summed E-state index contributed by atoms with van der Waals surface area (Å²) in [6.45, 7) is 21.6. The number of hydrogen-bond acceptors (Lipinski definition) is 4. The first-order valence-electron chi connectivity index (χ1n) is 8.35. The van der Waals surface area contributed by atoms with Crippen LogP contribution in [0, 0.1) is 0 Å². The predicted molar refractivity (Wildman–Crippen MR) is 94.3 cm³/mol. The van der Waals surface area contributed by atoms with Crippen molar-refractivity contribution in [1.82, 2.24) is 18.9 Å². The van der Waals surface area contributed by atoms with Crippen LogP contribution in [0.1, 0.15) is 55.4 Å². The Bertz CT molecular complexity index is 395. The van der Waals surface area contributed by atoms with Crippen LogP contribution in [-0.4, -0.2) is 69.1 Å². The van der Waals surface area contributed by atoms with Crippen molar-refractivity contribution in [2.24, 2.45) is 0 Å². The third kappa shape index (κ3) is 1.99. The van der Waals surface area contributed by atoms with Gasteiger partial charge in [-0.05, 0) is 55.4 Å². The molecule has 2 heterocycles. The van der Waals surface area contributed by atoms with E-state index >= 15 is 0 Å². The van der Waals surface area contributed by atoms with Gasteiger partial charge in [0.05, 0.1) is 13.1 Å². The van der Waals surface area contributed by atoms with E-state index < -0.39 is 7.71 Å². The zero-order chi connectivity index (χ0) is 16.4. The Morgan fingerprint density at radius 3 is 1.57 bits per heavy atom. The molecule has 2 rings (SSSR count). The van der Waals surface area contributed by atoms with Gasteiger partial charge in [-0.2, -0.15) is 0 Å². The molecule has 2 aliphatic rings. The minimum Gasteiger partial charge on any atom is -0.239 e. The first kappa shape index (κ1) is 17.6. The fourth-order valence-electron chi connectivity index (χ4n) is 5.74. The van der Waals surface area contributed by atoms with Crippen LogP contribution in [-0.2, 0) is 0 Å². The van der Waals surface area contributed by atoms with Gasteiger partial charge in [-0.1, -0.05) is 0 Å². The summed E-state index contributed by atoms with van der Waals surface area (Å²) in [7, 11) is 3.13. The molecule has 0 radical (unpaired) electrons. The second kappa shape index (κ2) is 5.14. The topological polar surface area (TPSA) is 13.0 Å². The normalized spacial score (nSPS) is 30.3. The molecular formula is C16H36N4P+. The van der Waals surface area contributed by atoms with E-state index in [9.17, 15) is 0 Å². The van der Waals surface area contributed by atoms with Crippen molar-refractivity contribution in [2.75, 3.05) is 27.2 Å². The summed E-state index contributed by atoms with van der Waals surface area (Å²) >= 11 is 0. The van der Waals surface area contributed by atoms with Crippen LogP contribution < -0.4 is 0 Å². The highest BCUT2D eigenvalue weighted by Crippen LogP contribution is 2.84. The van der Waals surface area contributed by atoms with Gasteiger partial charge in [0, 0.05) is 26.2 Å². The molecular weight excluding hydrogens is 279 g/mol. The lowest BCUT2D eigenvalue weighted by Crippen LogP contribution is -2.56. The van der Waals surface area contributed by atoms with Crippen LogP contribution in [0.3, 0.4) is 0 Å². The summed E-state index contributed by atoms with van der Waals surface area (Å²) in [5, 5.41) is 0.162. The molecule has 2 fully saturated rings. The van der Waals surface area contributed by atoms with Gasteiger partial charge < -0.3 is 0 Å². The van der Waals surface area contributed by atoms with E-state index in [1.54, 1.807) is 0 Å². The summed E-state index contributed by atoms with van der Waals surface area (Å²) < 4.78 is 8.20. The summed E-state index contributed by atoms with van der Waals surface area (Å²) in [6.07, 6.45) is 0. The molecule has 0 atom stereocenters. The largest absolute Gasteiger partial charge is 0.249 e. The maximum atomic E-state index is 2.84. The highest BCUT2D eigenvalue weighted by Gasteiger charge is 2.79. The van der Waals surface area contributed by atoms with Crippen molar-refractivity contribution in [3.05, 3.63) is 0 Å². The third-order valence-electron chi connectivity index (χ3n) is 5.48. The number of nitrogens with zero attached hydrogens (tertiary/aromatic N) is 4. The fraction of sp³-hybridized carbons (Fsp3) is 1.00. The molecule has 5 heteroatoms. The van der Waals surface area contributed by atoms with E-state index in [2.05, 4.69) is 88.4 Å². The van der Waals surface area contributed by atoms with E-state index in [1.165, 1.54) is 13.1 Å². The van der Waals surface area contributed by atoms with Crippen LogP contribution >= 0.6 is 7.71 Å². The molecule has 0 amide bonds. The Morgan fingerprint density at radius 1 is 0.810 bits per heavy atom. The molecule has 0 bridgehead atoms. The van der Waals surface area contributed by atoms with Gasteiger partial charge in [0.2, 0.25) is 7.71 Å². The molecule has 0 aromatic heterocycles. The minimum atomic E-state index is -1.55. The number of likely N-dealkylation sites (N-methyl/N-ethyl adjacent to an activating group) is 2. The van der Waals surface area contributed by atoms with Crippen LogP contribution in [0.25, 0.3) is 0 Å². The van der Waals surface area contributed by atoms with Gasteiger partial charge in [0.25, 0.3) is 0 Å². The molecule has 21 heavy (non-hydrogen) atoms. The van der Waals surface area contributed by atoms with Gasteiger partial charge in [0.15, 0.2) is 5.28 Å². The molecule has 0 N–H and O–H groups in total. The molecule has 2 aliphatic heterocycles. The number of hydrogen-bond donors (Lipinski definition) is 0. The van der Waals surface area contributed by atoms with Crippen molar-refractivity contribution >= 4 is 7.71 Å². The molecule has 0 aromatic rings. The zero-order valence-electron chi connectivity index (χ0n) is 15.8. The lowest BCUT2D eigenvalue weighted by molar-refractivity contribution is -0.0141. The lowest BCUT2D eigenvalue weighted by atomic mass is 10.1. The minimum absolute atomic E-state index is 0.0759. The molecule has 2 saturated heterocycles. The van der Waals surface area contributed by atoms with Gasteiger partial charge in [-0.25, -0.2) is 4.90 Å². The molecule has 4 nitrogen and oxygen atoms in total. The second-order valence-electron chi connectivity index (χ2n) is 8.22. The summed E-state index contributed by atoms with van der Waals surface area (Å²) in [5.74, 6) is 0. The van der Waals surface area contributed by atoms with Crippen molar-refractivity contribution in [1.29, 1.82) is 0 Å². The SMILES string of the molecule is CC(C)N1C(C)(C)N(C(C)C)[P+]2(N(C)CCN2C)C1(C)C. The quantitative estimate of drug-likeness (QED) is 0.723. The second-order valence-corrected chi connectivity index (χ2v) is 12.2. The van der Waals surface area contributed by atoms with Crippen LogP contribution in [0.2, 0.25) is 0 Å². The Labute approximate surface area is 132 Å². The van der Waals surface area contributed by atoms with Gasteiger partial charge in [-0.15, -0.1) is 14.0 Å². The molecule has 1 spiro atoms. The van der Waals surface area contributed by atoms with E-state index in [0.29, 0.717) is 12.1 Å². The van der Waals surface area contributed by atoms with Crippen molar-refractivity contribution in [3.8, 4) is 0 Å². The summed E-state index contributed by atoms with van der Waals surface area (Å²) in [6, 6.07) is 1.08. The first-order valence-corrected chi connectivity index (χ1v) is 9.99. The molecule has 0 aliphatic carbocycles. The number of rotatable bonds is 2. The average Bonchev–Trinajstić information content (AvgIpc) is 2.63. The van der Waals surface area contributed by atoms with E-state index in [0.717, 1.165) is 0 Å². The fourth-order valence-corrected chi connectivity index (χ4v) is 12.0. The Balaban J connectivity index is 2.72. The summed E-state index contributed by atoms with van der Waals surface area (Å²) in [4.78, 5) is 2.76. The van der Waals surface area contributed by atoms with Crippen LogP contribution in [0.15, 0.2) is 0 Å². The highest BCUT2D eigenvalue weighted by molar-refractivity contribution is 7.71. The Kier molecular flexibility index (Phi) is 4.31. The van der Waals surface area contributed by atoms with Crippen molar-refractivity contribution in [2.45, 2.75) is 78.4 Å². The predicted octanol–water partition coefficient (Wildman–Crippen LogP) is 3.53. The lowest BCUT2D eigenvalue weighted by Gasteiger charge is -2.44. The van der Waals surface area contributed by atoms with Gasteiger partial charge in [0.1, 0.15) is 5.66 Å².